The minimum Gasteiger partial charge on any atom is -0.489 e. The van der Waals surface area contributed by atoms with E-state index in [0.29, 0.717) is 38.8 Å². The first-order valence-electron chi connectivity index (χ1n) is 14.5. The lowest BCUT2D eigenvalue weighted by Crippen LogP contribution is -2.37. The van der Waals surface area contributed by atoms with Gasteiger partial charge in [0.2, 0.25) is 0 Å². The zero-order valence-corrected chi connectivity index (χ0v) is 23.4. The lowest BCUT2D eigenvalue weighted by atomic mass is 9.74. The Morgan fingerprint density at radius 1 is 0.951 bits per heavy atom. The molecule has 0 spiro atoms. The third kappa shape index (κ3) is 7.88. The Morgan fingerprint density at radius 2 is 1.68 bits per heavy atom. The van der Waals surface area contributed by atoms with E-state index in [4.69, 9.17) is 19.3 Å². The molecule has 1 N–H and O–H groups in total. The average Bonchev–Trinajstić information content (AvgIpc) is 3.56. The first-order chi connectivity index (χ1) is 20.1. The summed E-state index contributed by atoms with van der Waals surface area (Å²) in [6.45, 7) is 2.34. The largest absolute Gasteiger partial charge is 0.489 e. The topological polar surface area (TPSA) is 65.0 Å². The molecule has 0 unspecified atom stereocenters. The normalized spacial score (nSPS) is 22.9. The van der Waals surface area contributed by atoms with E-state index in [2.05, 4.69) is 48.3 Å². The highest BCUT2D eigenvalue weighted by Crippen LogP contribution is 2.55. The monoisotopic (exact) mass is 550 g/mol. The van der Waals surface area contributed by atoms with Crippen molar-refractivity contribution in [3.63, 3.8) is 0 Å². The molecule has 4 atom stereocenters. The Morgan fingerprint density at radius 3 is 2.44 bits per heavy atom. The van der Waals surface area contributed by atoms with Crippen LogP contribution < -0.4 is 4.74 Å². The van der Waals surface area contributed by atoms with Gasteiger partial charge < -0.3 is 19.3 Å². The number of fused-ring (bicyclic) bond motifs is 2. The number of aliphatic carboxylic acids is 1. The van der Waals surface area contributed by atoms with Crippen LogP contribution in [0.15, 0.2) is 97.1 Å². The van der Waals surface area contributed by atoms with Crippen LogP contribution in [-0.4, -0.2) is 30.4 Å². The van der Waals surface area contributed by atoms with Crippen molar-refractivity contribution in [3.8, 4) is 17.6 Å². The molecule has 0 amide bonds. The summed E-state index contributed by atoms with van der Waals surface area (Å²) >= 11 is 0. The van der Waals surface area contributed by atoms with Gasteiger partial charge in [-0.3, -0.25) is 4.79 Å². The fourth-order valence-corrected chi connectivity index (χ4v) is 5.92. The maximum Gasteiger partial charge on any atom is 0.303 e. The van der Waals surface area contributed by atoms with Crippen LogP contribution in [0.2, 0.25) is 0 Å². The standard InChI is InChI=1S/C36H38O5/c37-35(38)16-10-2-1-9-15-33-32(34-23-36(33,27-41-34)22-21-28-11-5-3-6-12-28)26-39-24-30-17-19-31(20-18-30)40-25-29-13-7-4-8-14-29/h1,3-9,11-14,17-20,32-34H,2,10,15-16,23-27H2,(H,37,38)/b9-1-/t32-,33-,34-,36-/m0/s1. The van der Waals surface area contributed by atoms with Crippen molar-refractivity contribution in [2.24, 2.45) is 17.3 Å². The molecule has 1 aliphatic carbocycles. The molecule has 2 bridgehead atoms. The zero-order valence-electron chi connectivity index (χ0n) is 23.4. The second kappa shape index (κ2) is 14.2. The van der Waals surface area contributed by atoms with E-state index < -0.39 is 5.97 Å². The lowest BCUT2D eigenvalue weighted by molar-refractivity contribution is -0.137. The second-order valence-corrected chi connectivity index (χ2v) is 11.0. The van der Waals surface area contributed by atoms with Gasteiger partial charge in [0.1, 0.15) is 12.4 Å². The zero-order chi connectivity index (χ0) is 28.3. The van der Waals surface area contributed by atoms with Crippen molar-refractivity contribution >= 4 is 5.97 Å². The van der Waals surface area contributed by atoms with Crippen molar-refractivity contribution in [2.75, 3.05) is 13.2 Å². The molecule has 2 aliphatic rings. The third-order valence-corrected chi connectivity index (χ3v) is 8.12. The Bertz CT molecular complexity index is 1340. The number of rotatable bonds is 13. The van der Waals surface area contributed by atoms with E-state index in [1.165, 1.54) is 0 Å². The van der Waals surface area contributed by atoms with Crippen LogP contribution in [0.1, 0.15) is 48.8 Å². The molecule has 1 heterocycles. The van der Waals surface area contributed by atoms with E-state index in [-0.39, 0.29) is 23.9 Å². The van der Waals surface area contributed by atoms with Crippen molar-refractivity contribution in [1.29, 1.82) is 0 Å². The molecule has 3 aromatic carbocycles. The smallest absolute Gasteiger partial charge is 0.303 e. The summed E-state index contributed by atoms with van der Waals surface area (Å²) in [5, 5.41) is 8.91. The maximum absolute atomic E-state index is 10.8. The van der Waals surface area contributed by atoms with Gasteiger partial charge in [-0.05, 0) is 67.0 Å². The average molecular weight is 551 g/mol. The molecule has 1 aliphatic heterocycles. The quantitative estimate of drug-likeness (QED) is 0.140. The predicted octanol–water partition coefficient (Wildman–Crippen LogP) is 7.06. The summed E-state index contributed by atoms with van der Waals surface area (Å²) in [4.78, 5) is 10.8. The van der Waals surface area contributed by atoms with Crippen LogP contribution in [0.5, 0.6) is 5.75 Å². The Labute approximate surface area is 243 Å². The number of hydrogen-bond donors (Lipinski definition) is 1. The number of carbonyl (C=O) groups is 1. The molecular weight excluding hydrogens is 512 g/mol. The van der Waals surface area contributed by atoms with Gasteiger partial charge >= 0.3 is 5.97 Å². The summed E-state index contributed by atoms with van der Waals surface area (Å²) in [6, 6.07) is 28.4. The van der Waals surface area contributed by atoms with Gasteiger partial charge in [0.25, 0.3) is 0 Å². The van der Waals surface area contributed by atoms with Crippen LogP contribution in [-0.2, 0) is 27.5 Å². The number of ether oxygens (including phenoxy) is 3. The van der Waals surface area contributed by atoms with Crippen LogP contribution in [0, 0.1) is 29.1 Å². The number of benzene rings is 3. The van der Waals surface area contributed by atoms with E-state index in [1.54, 1.807) is 0 Å². The molecule has 212 valence electrons. The van der Waals surface area contributed by atoms with Gasteiger partial charge in [0.05, 0.1) is 31.3 Å². The molecule has 1 saturated carbocycles. The van der Waals surface area contributed by atoms with E-state index in [0.717, 1.165) is 41.7 Å². The Balaban J connectivity index is 1.19. The molecule has 1 saturated heterocycles. The molecule has 0 radical (unpaired) electrons. The van der Waals surface area contributed by atoms with Crippen molar-refractivity contribution < 1.29 is 24.1 Å². The fraction of sp³-hybridized carbons (Fsp3) is 0.361. The fourth-order valence-electron chi connectivity index (χ4n) is 5.92. The van der Waals surface area contributed by atoms with E-state index in [9.17, 15) is 4.79 Å². The van der Waals surface area contributed by atoms with Crippen molar-refractivity contribution in [1.82, 2.24) is 0 Å². The number of unbranched alkanes of at least 4 members (excludes halogenated alkanes) is 1. The van der Waals surface area contributed by atoms with E-state index >= 15 is 0 Å². The maximum atomic E-state index is 10.8. The van der Waals surface area contributed by atoms with Gasteiger partial charge in [-0.1, -0.05) is 84.7 Å². The molecule has 0 aromatic heterocycles. The second-order valence-electron chi connectivity index (χ2n) is 11.0. The predicted molar refractivity (Wildman–Crippen MR) is 159 cm³/mol. The van der Waals surface area contributed by atoms with Crippen molar-refractivity contribution in [3.05, 3.63) is 114 Å². The van der Waals surface area contributed by atoms with Crippen molar-refractivity contribution in [2.45, 2.75) is 51.4 Å². The highest BCUT2D eigenvalue weighted by Gasteiger charge is 2.57. The Kier molecular flexibility index (Phi) is 9.91. The number of carboxylic acid groups (broad SMARTS) is 1. The van der Waals surface area contributed by atoms with Gasteiger partial charge in [-0.2, -0.15) is 0 Å². The minimum atomic E-state index is -0.745. The highest BCUT2D eigenvalue weighted by atomic mass is 16.5. The molecule has 5 heteroatoms. The number of hydrogen-bond acceptors (Lipinski definition) is 4. The number of carboxylic acids is 1. The van der Waals surface area contributed by atoms with Gasteiger partial charge in [0, 0.05) is 17.9 Å². The SMILES string of the molecule is O=C(O)CCC/C=C\C[C@H]1[C@H](COCc2ccc(OCc3ccccc3)cc2)[C@@H]2C[C@@]1(C#Cc1ccccc1)CO2. The molecule has 2 fully saturated rings. The lowest BCUT2D eigenvalue weighted by Gasteiger charge is -2.35. The highest BCUT2D eigenvalue weighted by molar-refractivity contribution is 5.66. The third-order valence-electron chi connectivity index (χ3n) is 8.12. The summed E-state index contributed by atoms with van der Waals surface area (Å²) in [5.41, 5.74) is 3.07. The molecule has 5 nitrogen and oxygen atoms in total. The Hall–Kier alpha value is -3.85. The molecule has 3 aromatic rings. The summed E-state index contributed by atoms with van der Waals surface area (Å²) in [6.07, 6.45) is 7.90. The summed E-state index contributed by atoms with van der Waals surface area (Å²) in [7, 11) is 0. The summed E-state index contributed by atoms with van der Waals surface area (Å²) in [5.74, 6) is 7.72. The van der Waals surface area contributed by atoms with Crippen LogP contribution in [0.3, 0.4) is 0 Å². The van der Waals surface area contributed by atoms with Crippen LogP contribution in [0.25, 0.3) is 0 Å². The molecular formula is C36H38O5. The van der Waals surface area contributed by atoms with Gasteiger partial charge in [-0.15, -0.1) is 0 Å². The first-order valence-corrected chi connectivity index (χ1v) is 14.5. The van der Waals surface area contributed by atoms with Gasteiger partial charge in [-0.25, -0.2) is 0 Å². The van der Waals surface area contributed by atoms with Gasteiger partial charge in [0.15, 0.2) is 0 Å². The number of allylic oxidation sites excluding steroid dienone is 2. The summed E-state index contributed by atoms with van der Waals surface area (Å²) < 4.78 is 18.4. The molecule has 41 heavy (non-hydrogen) atoms. The molecule has 5 rings (SSSR count). The van der Waals surface area contributed by atoms with E-state index in [1.807, 2.05) is 60.7 Å². The van der Waals surface area contributed by atoms with Crippen LogP contribution >= 0.6 is 0 Å². The first kappa shape index (κ1) is 28.7. The minimum absolute atomic E-state index is 0.138. The van der Waals surface area contributed by atoms with Crippen LogP contribution in [0.4, 0.5) is 0 Å².